The van der Waals surface area contributed by atoms with Gasteiger partial charge in [0.05, 0.1) is 49.7 Å². The maximum atomic E-state index is 14.9. The summed E-state index contributed by atoms with van der Waals surface area (Å²) in [7, 11) is 4.54. The molecule has 10 unspecified atom stereocenters. The zero-order valence-electron chi connectivity index (χ0n) is 66.0. The van der Waals surface area contributed by atoms with Gasteiger partial charge in [0.25, 0.3) is 5.91 Å². The predicted octanol–water partition coefficient (Wildman–Crippen LogP) is 5.22. The van der Waals surface area contributed by atoms with Crippen LogP contribution >= 0.6 is 21.6 Å². The molecule has 0 spiro atoms. The molecule has 7 aliphatic rings. The number of nitrogens with two attached hydrogens (primary N) is 1. The van der Waals surface area contributed by atoms with Gasteiger partial charge in [-0.2, -0.15) is 0 Å². The number of carbonyl (C=O) groups is 12. The molecule has 5 aliphatic heterocycles. The average Bonchev–Trinajstić information content (AvgIpc) is 1.68. The van der Waals surface area contributed by atoms with Crippen LogP contribution in [0.1, 0.15) is 204 Å². The lowest BCUT2D eigenvalue weighted by Gasteiger charge is -2.38. The van der Waals surface area contributed by atoms with Crippen LogP contribution in [0.3, 0.4) is 0 Å². The van der Waals surface area contributed by atoms with Crippen LogP contribution in [0, 0.1) is 24.7 Å². The Hall–Kier alpha value is -9.88. The van der Waals surface area contributed by atoms with Gasteiger partial charge in [-0.1, -0.05) is 88.8 Å². The van der Waals surface area contributed by atoms with E-state index in [1.54, 1.807) is 16.8 Å². The van der Waals surface area contributed by atoms with E-state index >= 15 is 0 Å². The first kappa shape index (κ1) is 87.5. The first-order chi connectivity index (χ1) is 55.3. The Bertz CT molecular complexity index is 4340. The van der Waals surface area contributed by atoms with Crippen LogP contribution in [0.2, 0.25) is 0 Å². The summed E-state index contributed by atoms with van der Waals surface area (Å²) in [6.45, 7) is 10.2. The molecule has 3 aromatic rings. The molecule has 10 rings (SSSR count). The Labute approximate surface area is 677 Å². The van der Waals surface area contributed by atoms with Gasteiger partial charge in [0.15, 0.2) is 0 Å². The van der Waals surface area contributed by atoms with Crippen molar-refractivity contribution in [1.29, 1.82) is 0 Å². The van der Waals surface area contributed by atoms with E-state index in [-0.39, 0.29) is 151 Å². The zero-order chi connectivity index (χ0) is 82.6. The topological polar surface area (TPSA) is 436 Å². The smallest absolute Gasteiger partial charge is 0.326 e. The lowest BCUT2D eigenvalue weighted by atomic mass is 9.65. The second-order valence-corrected chi connectivity index (χ2v) is 32.9. The third-order valence-electron chi connectivity index (χ3n) is 22.2. The number of hydrogen-bond acceptors (Lipinski definition) is 20. The number of aliphatic imine (C=N–C) groups is 2. The number of hydrogen-bond donors (Lipinski definition) is 11. The van der Waals surface area contributed by atoms with Gasteiger partial charge < -0.3 is 87.0 Å². The van der Waals surface area contributed by atoms with Crippen molar-refractivity contribution in [2.75, 3.05) is 71.0 Å². The van der Waals surface area contributed by atoms with Gasteiger partial charge >= 0.3 is 17.9 Å². The monoisotopic (exact) mass is 1620 g/mol. The summed E-state index contributed by atoms with van der Waals surface area (Å²) in [5, 5.41) is 54.1. The number of amides is 9. The Kier molecular flexibility index (Phi) is 31.7. The predicted molar refractivity (Wildman–Crippen MR) is 433 cm³/mol. The minimum Gasteiger partial charge on any atom is -0.481 e. The molecule has 115 heavy (non-hydrogen) atoms. The van der Waals surface area contributed by atoms with E-state index in [0.29, 0.717) is 85.6 Å². The molecule has 620 valence electrons. The van der Waals surface area contributed by atoms with Crippen molar-refractivity contribution in [1.82, 2.24) is 56.1 Å². The number of rotatable bonds is 37. The Morgan fingerprint density at radius 2 is 1.43 bits per heavy atom. The number of fused-ring (bicyclic) bond motifs is 3. The first-order valence-electron chi connectivity index (χ1n) is 40.0. The fraction of sp³-hybridized carbons (Fsp3) is 0.561. The molecule has 0 saturated carbocycles. The number of carbonyl (C=O) groups excluding carboxylic acids is 9. The normalized spacial score (nSPS) is 21.7. The number of allylic oxidation sites excluding steroid dienone is 4. The van der Waals surface area contributed by atoms with E-state index in [1.165, 1.54) is 65.6 Å². The number of carboxylic acid groups (broad SMARTS) is 3. The number of aliphatic carboxylic acids is 3. The fourth-order valence-electron chi connectivity index (χ4n) is 16.4. The standard InChI is InChI=1S/C82H108N14O17S2/c1-6-17-50-40-52-41-53-42-60(84-7-2)49(4)39-58(53)73(57(52)38-48(50)3)55-19-8-9-20-56(55)80(109)92(5)32-16-25-67(99)93-33-13-22-63(93)77(106)86-30-11-10-21-59(81(110)95-35-15-24-65(95)79(108)90-61(43-70(101)102)76(105)91-62(82(111)112)44-71(103)104)89-78(107)64-23-14-34-94(64)68(100)29-37-115-114-36-28-66(98)85-31-12-18-51-45-96(69-27-26-54(46-97)113-69)75-72(51)74(83)87-47-88-75/h8-9,19-20,38-40,42,45,47,54,58-59,61-65,69,73-74,97H,6-7,10-11,13-17,21-37,41,43-44,46,83H2,1-5H3,(H,85,98)(H,86,106)(H,87,88)(H,89,107)(H,90,108)(H,91,105)(H,101,102)(H,103,104)(H,111,112)/b84-60+/t54?,58?,59?,61?,62?,63?,64?,65?,69-,73?,74?/m1/s1. The molecule has 6 heterocycles. The van der Waals surface area contributed by atoms with Gasteiger partial charge in [0.1, 0.15) is 54.5 Å². The van der Waals surface area contributed by atoms with Crippen LogP contribution in [0.5, 0.6) is 0 Å². The summed E-state index contributed by atoms with van der Waals surface area (Å²) in [6, 6.07) is 4.30. The van der Waals surface area contributed by atoms with E-state index in [0.717, 1.165) is 36.1 Å². The molecule has 0 bridgehead atoms. The lowest BCUT2D eigenvalue weighted by Crippen LogP contribution is -2.58. The van der Waals surface area contributed by atoms with Gasteiger partial charge in [-0.15, -0.1) is 0 Å². The van der Waals surface area contributed by atoms with Crippen molar-refractivity contribution < 1.29 is 82.7 Å². The van der Waals surface area contributed by atoms with E-state index in [9.17, 15) is 78.0 Å². The number of nitrogens with zero attached hydrogens (tertiary/aromatic N) is 7. The number of unbranched alkanes of at least 4 members (excludes halogenated alkanes) is 1. The summed E-state index contributed by atoms with van der Waals surface area (Å²) in [5.41, 5.74) is 17.6. The highest BCUT2D eigenvalue weighted by atomic mass is 33.1. The molecule has 33 heteroatoms. The minimum absolute atomic E-state index is 0.00500. The second-order valence-electron chi connectivity index (χ2n) is 30.2. The molecule has 12 N–H and O–H groups in total. The van der Waals surface area contributed by atoms with Crippen molar-refractivity contribution in [2.24, 2.45) is 21.6 Å². The van der Waals surface area contributed by atoms with Crippen LogP contribution in [0.25, 0.3) is 0 Å². The molecule has 1 aromatic heterocycles. The second kappa shape index (κ2) is 41.6. The minimum atomic E-state index is -1.97. The number of aromatic nitrogens is 1. The molecular formula is C82H108N14O17S2. The van der Waals surface area contributed by atoms with Crippen LogP contribution < -0.4 is 37.6 Å². The zero-order valence-corrected chi connectivity index (χ0v) is 67.6. The van der Waals surface area contributed by atoms with Gasteiger partial charge in [0.2, 0.25) is 47.3 Å². The van der Waals surface area contributed by atoms with Crippen molar-refractivity contribution in [3.63, 3.8) is 0 Å². The Morgan fingerprint density at radius 3 is 2.10 bits per heavy atom. The van der Waals surface area contributed by atoms with Crippen molar-refractivity contribution >= 4 is 111 Å². The molecule has 11 atom stereocenters. The molecule has 4 fully saturated rings. The van der Waals surface area contributed by atoms with E-state index in [2.05, 4.69) is 94.5 Å². The number of aryl methyl sites for hydroxylation is 2. The first-order valence-corrected chi connectivity index (χ1v) is 42.5. The Balaban J connectivity index is 0.722. The maximum absolute atomic E-state index is 14.9. The summed E-state index contributed by atoms with van der Waals surface area (Å²) < 4.78 is 7.85. The fourth-order valence-corrected chi connectivity index (χ4v) is 18.4. The van der Waals surface area contributed by atoms with E-state index in [4.69, 9.17) is 15.5 Å². The molecule has 0 radical (unpaired) electrons. The molecule has 2 aromatic carbocycles. The third kappa shape index (κ3) is 22.4. The number of ether oxygens (including phenoxy) is 1. The molecule has 4 saturated heterocycles. The molecule has 9 amide bonds. The van der Waals surface area contributed by atoms with Crippen molar-refractivity contribution in [3.05, 3.63) is 110 Å². The SMILES string of the molecule is CCCc1cc2c(cc1C)C(c1ccccc1C(=O)N(C)CCCC(=O)N1CCCC1C(=O)NCCCCC(NC(=O)C1CCCN1C(=O)CCSSCCC(=O)NCC#Cc1cn([C@H]3CCC(CO)O3)c3c1C(N)NC=N3)C(=O)N1CCCC1C(=O)NC(CC(=O)O)C(=O)NC(CC(=O)O)C(=O)O)C1C=C(C)/C(=N/CC)C=C1C2. The number of aliphatic hydroxyl groups excluding tert-OH is 1. The average molecular weight is 1630 g/mol. The van der Waals surface area contributed by atoms with Gasteiger partial charge in [-0.05, 0) is 156 Å². The van der Waals surface area contributed by atoms with Gasteiger partial charge in [-0.3, -0.25) is 57.7 Å². The van der Waals surface area contributed by atoms with E-state index < -0.39 is 96.8 Å². The highest BCUT2D eigenvalue weighted by Crippen LogP contribution is 2.48. The lowest BCUT2D eigenvalue weighted by molar-refractivity contribution is -0.148. The van der Waals surface area contributed by atoms with Crippen LogP contribution in [-0.4, -0.2) is 241 Å². The van der Waals surface area contributed by atoms with Crippen molar-refractivity contribution in [3.8, 4) is 11.8 Å². The number of carboxylic acids is 3. The summed E-state index contributed by atoms with van der Waals surface area (Å²) in [4.78, 5) is 177. The Morgan fingerprint density at radius 1 is 0.765 bits per heavy atom. The third-order valence-corrected chi connectivity index (χ3v) is 24.6. The number of benzene rings is 2. The van der Waals surface area contributed by atoms with Crippen molar-refractivity contribution in [2.45, 2.75) is 217 Å². The summed E-state index contributed by atoms with van der Waals surface area (Å²) >= 11 is 0. The van der Waals surface area contributed by atoms with Crippen LogP contribution in [0.15, 0.2) is 75.9 Å². The van der Waals surface area contributed by atoms with E-state index in [1.807, 2.05) is 41.2 Å². The van der Waals surface area contributed by atoms with Gasteiger partial charge in [0, 0.05) is 106 Å². The van der Waals surface area contributed by atoms with Crippen LogP contribution in [-0.2, 0) is 70.3 Å². The summed E-state index contributed by atoms with van der Waals surface area (Å²) in [5.74, 6) is -2.37. The largest absolute Gasteiger partial charge is 0.481 e. The molecule has 31 nitrogen and oxygen atoms in total. The highest BCUT2D eigenvalue weighted by Gasteiger charge is 2.44. The number of nitrogens with one attached hydrogen (secondary N) is 6. The van der Waals surface area contributed by atoms with Crippen LogP contribution in [0.4, 0.5) is 5.82 Å². The quantitative estimate of drug-likeness (QED) is 0.0200. The highest BCUT2D eigenvalue weighted by molar-refractivity contribution is 8.76. The van der Waals surface area contributed by atoms with Gasteiger partial charge in [-0.25, -0.2) is 9.79 Å². The number of aliphatic hydroxyl groups is 1. The number of likely N-dealkylation sites (tertiary alicyclic amines) is 3. The maximum Gasteiger partial charge on any atom is 0.326 e. The molecule has 2 aliphatic carbocycles. The summed E-state index contributed by atoms with van der Waals surface area (Å²) in [6.07, 6.45) is 12.0. The molecular weight excluding hydrogens is 1520 g/mol.